The molecule has 0 fully saturated rings. The van der Waals surface area contributed by atoms with Crippen molar-refractivity contribution < 1.29 is 0 Å². The van der Waals surface area contributed by atoms with E-state index in [1.54, 1.807) is 27.8 Å². The largest absolute Gasteiger partial charge is 0.249 e. The van der Waals surface area contributed by atoms with E-state index in [0.29, 0.717) is 0 Å². The Morgan fingerprint density at radius 1 is 1.00 bits per heavy atom. The van der Waals surface area contributed by atoms with Gasteiger partial charge in [-0.05, 0) is 28.5 Å². The summed E-state index contributed by atoms with van der Waals surface area (Å²) < 4.78 is 0. The van der Waals surface area contributed by atoms with Crippen molar-refractivity contribution in [2.75, 3.05) is 0 Å². The molecule has 0 unspecified atom stereocenters. The van der Waals surface area contributed by atoms with Crippen LogP contribution in [0.1, 0.15) is 5.56 Å². The van der Waals surface area contributed by atoms with E-state index in [0.717, 1.165) is 15.5 Å². The molecule has 1 nitrogen and oxygen atoms in total. The lowest BCUT2D eigenvalue weighted by molar-refractivity contribution is 1.14. The standard InChI is InChI=1S/C13H11NS2/c1-11(12-7-3-2-4-8-12)15-16-13-9-5-6-10-14-13/h2-10H,1H2. The van der Waals surface area contributed by atoms with Gasteiger partial charge in [0, 0.05) is 11.1 Å². The molecule has 1 heterocycles. The molecule has 3 heteroatoms. The zero-order valence-electron chi connectivity index (χ0n) is 8.67. The summed E-state index contributed by atoms with van der Waals surface area (Å²) in [7, 11) is 3.27. The van der Waals surface area contributed by atoms with E-state index in [9.17, 15) is 0 Å². The second kappa shape index (κ2) is 5.77. The Morgan fingerprint density at radius 2 is 1.75 bits per heavy atom. The summed E-state index contributed by atoms with van der Waals surface area (Å²) in [5.74, 6) is 0. The maximum absolute atomic E-state index is 4.25. The summed E-state index contributed by atoms with van der Waals surface area (Å²) in [5.41, 5.74) is 1.16. The van der Waals surface area contributed by atoms with Gasteiger partial charge in [-0.2, -0.15) is 0 Å². The minimum atomic E-state index is 1.00. The minimum absolute atomic E-state index is 1.00. The molecule has 0 aliphatic rings. The second-order valence-corrected chi connectivity index (χ2v) is 5.37. The van der Waals surface area contributed by atoms with Crippen LogP contribution >= 0.6 is 21.6 Å². The lowest BCUT2D eigenvalue weighted by Crippen LogP contribution is -1.76. The van der Waals surface area contributed by atoms with Crippen LogP contribution in [0.15, 0.2) is 66.3 Å². The summed E-state index contributed by atoms with van der Waals surface area (Å²) in [6.07, 6.45) is 1.80. The van der Waals surface area contributed by atoms with E-state index < -0.39 is 0 Å². The molecule has 80 valence electrons. The van der Waals surface area contributed by atoms with Crippen LogP contribution in [0.3, 0.4) is 0 Å². The first kappa shape index (κ1) is 11.3. The molecule has 0 aliphatic heterocycles. The summed E-state index contributed by atoms with van der Waals surface area (Å²) in [5, 5.41) is 1.00. The third kappa shape index (κ3) is 3.15. The number of aromatic nitrogens is 1. The van der Waals surface area contributed by atoms with Crippen molar-refractivity contribution in [1.29, 1.82) is 0 Å². The van der Waals surface area contributed by atoms with E-state index >= 15 is 0 Å². The van der Waals surface area contributed by atoms with E-state index in [1.165, 1.54) is 0 Å². The van der Waals surface area contributed by atoms with Crippen LogP contribution in [0.25, 0.3) is 4.91 Å². The van der Waals surface area contributed by atoms with Crippen LogP contribution in [0.2, 0.25) is 0 Å². The van der Waals surface area contributed by atoms with Crippen molar-refractivity contribution in [1.82, 2.24) is 4.98 Å². The van der Waals surface area contributed by atoms with Gasteiger partial charge < -0.3 is 0 Å². The third-order valence-electron chi connectivity index (χ3n) is 1.96. The van der Waals surface area contributed by atoms with Gasteiger partial charge >= 0.3 is 0 Å². The lowest BCUT2D eigenvalue weighted by atomic mass is 10.2. The van der Waals surface area contributed by atoms with Crippen LogP contribution < -0.4 is 0 Å². The quantitative estimate of drug-likeness (QED) is 0.736. The van der Waals surface area contributed by atoms with Gasteiger partial charge in [0.25, 0.3) is 0 Å². The molecular formula is C13H11NS2. The number of hydrogen-bond acceptors (Lipinski definition) is 3. The van der Waals surface area contributed by atoms with Gasteiger partial charge in [-0.1, -0.05) is 53.8 Å². The molecule has 0 aliphatic carbocycles. The lowest BCUT2D eigenvalue weighted by Gasteiger charge is -2.03. The molecule has 0 amide bonds. The predicted octanol–water partition coefficient (Wildman–Crippen LogP) is 4.49. The van der Waals surface area contributed by atoms with Gasteiger partial charge in [0.1, 0.15) is 5.03 Å². The van der Waals surface area contributed by atoms with E-state index in [4.69, 9.17) is 0 Å². The Balaban J connectivity index is 1.95. The zero-order chi connectivity index (χ0) is 11.2. The van der Waals surface area contributed by atoms with E-state index in [2.05, 4.69) is 23.7 Å². The van der Waals surface area contributed by atoms with Crippen LogP contribution in [-0.2, 0) is 0 Å². The number of rotatable bonds is 4. The van der Waals surface area contributed by atoms with Gasteiger partial charge in [0.15, 0.2) is 0 Å². The Kier molecular flexibility index (Phi) is 4.08. The number of pyridine rings is 1. The van der Waals surface area contributed by atoms with Crippen molar-refractivity contribution in [3.63, 3.8) is 0 Å². The maximum atomic E-state index is 4.25. The van der Waals surface area contributed by atoms with Crippen LogP contribution in [0.4, 0.5) is 0 Å². The summed E-state index contributed by atoms with van der Waals surface area (Å²) in [6.45, 7) is 4.05. The Hall–Kier alpha value is -1.19. The average molecular weight is 245 g/mol. The average Bonchev–Trinajstić information content (AvgIpc) is 2.38. The normalized spacial score (nSPS) is 10.0. The maximum Gasteiger partial charge on any atom is 0.107 e. The fraction of sp³-hybridized carbons (Fsp3) is 0. The fourth-order valence-electron chi connectivity index (χ4n) is 1.16. The van der Waals surface area contributed by atoms with Crippen molar-refractivity contribution >= 4 is 26.5 Å². The predicted molar refractivity (Wildman–Crippen MR) is 73.2 cm³/mol. The van der Waals surface area contributed by atoms with Crippen LogP contribution in [-0.4, -0.2) is 4.98 Å². The first-order valence-corrected chi connectivity index (χ1v) is 7.01. The molecule has 0 spiro atoms. The van der Waals surface area contributed by atoms with Crippen LogP contribution in [0.5, 0.6) is 0 Å². The smallest absolute Gasteiger partial charge is 0.107 e. The van der Waals surface area contributed by atoms with Gasteiger partial charge in [-0.15, -0.1) is 0 Å². The second-order valence-electron chi connectivity index (χ2n) is 3.12. The SMILES string of the molecule is C=C(SSc1ccccn1)c1ccccc1. The fourth-order valence-corrected chi connectivity index (χ4v) is 2.96. The zero-order valence-corrected chi connectivity index (χ0v) is 10.3. The third-order valence-corrected chi connectivity index (χ3v) is 4.26. The van der Waals surface area contributed by atoms with Gasteiger partial charge in [-0.3, -0.25) is 0 Å². The molecule has 0 bridgehead atoms. The molecule has 2 aromatic rings. The highest BCUT2D eigenvalue weighted by molar-refractivity contribution is 8.80. The molecule has 1 aromatic carbocycles. The minimum Gasteiger partial charge on any atom is -0.249 e. The number of hydrogen-bond donors (Lipinski definition) is 0. The van der Waals surface area contributed by atoms with Crippen molar-refractivity contribution in [3.8, 4) is 0 Å². The highest BCUT2D eigenvalue weighted by atomic mass is 33.1. The molecule has 0 saturated carbocycles. The van der Waals surface area contributed by atoms with Crippen LogP contribution in [0, 0.1) is 0 Å². The molecular weight excluding hydrogens is 234 g/mol. The molecule has 2 rings (SSSR count). The summed E-state index contributed by atoms with van der Waals surface area (Å²) in [4.78, 5) is 5.30. The van der Waals surface area contributed by atoms with Gasteiger partial charge in [0.2, 0.25) is 0 Å². The Labute approximate surface area is 103 Å². The first-order chi connectivity index (χ1) is 7.86. The topological polar surface area (TPSA) is 12.9 Å². The van der Waals surface area contributed by atoms with E-state index in [-0.39, 0.29) is 0 Å². The number of nitrogens with zero attached hydrogens (tertiary/aromatic N) is 1. The summed E-state index contributed by atoms with van der Waals surface area (Å²) in [6, 6.07) is 16.1. The highest BCUT2D eigenvalue weighted by Gasteiger charge is 2.01. The molecule has 0 saturated heterocycles. The molecule has 16 heavy (non-hydrogen) atoms. The number of benzene rings is 1. The Morgan fingerprint density at radius 3 is 2.44 bits per heavy atom. The molecule has 0 radical (unpaired) electrons. The first-order valence-electron chi connectivity index (χ1n) is 4.86. The Bertz CT molecular complexity index is 454. The van der Waals surface area contributed by atoms with Crippen molar-refractivity contribution in [2.24, 2.45) is 0 Å². The summed E-state index contributed by atoms with van der Waals surface area (Å²) >= 11 is 0. The molecule has 0 N–H and O–H groups in total. The molecule has 0 atom stereocenters. The van der Waals surface area contributed by atoms with E-state index in [1.807, 2.05) is 36.4 Å². The van der Waals surface area contributed by atoms with Gasteiger partial charge in [-0.25, -0.2) is 4.98 Å². The van der Waals surface area contributed by atoms with Crippen molar-refractivity contribution in [2.45, 2.75) is 5.03 Å². The molecule has 1 aromatic heterocycles. The van der Waals surface area contributed by atoms with Gasteiger partial charge in [0.05, 0.1) is 0 Å². The van der Waals surface area contributed by atoms with Crippen molar-refractivity contribution in [3.05, 3.63) is 66.9 Å². The monoisotopic (exact) mass is 245 g/mol. The highest BCUT2D eigenvalue weighted by Crippen LogP contribution is 2.39.